The Kier molecular flexibility index (Phi) is 9.04. The van der Waals surface area contributed by atoms with Crippen LogP contribution in [-0.2, 0) is 4.79 Å². The summed E-state index contributed by atoms with van der Waals surface area (Å²) in [6, 6.07) is -0.293. The van der Waals surface area contributed by atoms with Gasteiger partial charge in [0.25, 0.3) is 0 Å². The number of Topliss-reactive ketones (excluding diaryl/α,β-unsaturated/α-hetero) is 1. The van der Waals surface area contributed by atoms with Gasteiger partial charge in [0.15, 0.2) is 0 Å². The van der Waals surface area contributed by atoms with Crippen LogP contribution in [0.25, 0.3) is 0 Å². The lowest BCUT2D eigenvalue weighted by Gasteiger charge is -2.04. The molecule has 0 fully saturated rings. The van der Waals surface area contributed by atoms with Crippen LogP contribution in [0.1, 0.15) is 20.8 Å². The molecule has 0 heterocycles. The lowest BCUT2D eigenvalue weighted by molar-refractivity contribution is -0.118. The maximum absolute atomic E-state index is 10.5. The monoisotopic (exact) mass is 164 g/mol. The fraction of sp³-hybridized carbons (Fsp3) is 0.833. The van der Waals surface area contributed by atoms with E-state index in [1.807, 2.05) is 0 Å². The summed E-state index contributed by atoms with van der Waals surface area (Å²) in [5, 5.41) is 2.84. The number of hydrogen-bond acceptors (Lipinski definition) is 3. The van der Waals surface area contributed by atoms with E-state index in [4.69, 9.17) is 5.73 Å². The maximum Gasteiger partial charge on any atom is 0.146 e. The van der Waals surface area contributed by atoms with E-state index in [9.17, 15) is 4.79 Å². The number of carbonyl (C=O) groups excluding carboxylic acids is 1. The first-order chi connectivity index (χ1) is 4.18. The van der Waals surface area contributed by atoms with Crippen molar-refractivity contribution in [1.82, 2.24) is 5.09 Å². The number of carbonyl (C=O) groups is 1. The first-order valence-electron chi connectivity index (χ1n) is 2.88. The molecule has 4 heteroatoms. The van der Waals surface area contributed by atoms with Gasteiger partial charge in [0.1, 0.15) is 5.78 Å². The Morgan fingerprint density at radius 1 is 1.80 bits per heavy atom. The molecular weight excluding hydrogens is 147 g/mol. The minimum Gasteiger partial charge on any atom is -0.321 e. The van der Waals surface area contributed by atoms with Crippen LogP contribution in [0.3, 0.4) is 0 Å². The molecular formula is C6H17N2OP. The zero-order valence-corrected chi connectivity index (χ0v) is 6.71. The van der Waals surface area contributed by atoms with E-state index in [0.717, 1.165) is 6.54 Å². The molecule has 2 unspecified atom stereocenters. The molecule has 0 amide bonds. The van der Waals surface area contributed by atoms with Gasteiger partial charge in [-0.3, -0.25) is 4.79 Å². The van der Waals surface area contributed by atoms with Crippen LogP contribution in [-0.4, -0.2) is 18.4 Å². The molecule has 0 aromatic carbocycles. The quantitative estimate of drug-likeness (QED) is 0.588. The van der Waals surface area contributed by atoms with Gasteiger partial charge in [-0.15, -0.1) is 0 Å². The number of nitrogens with one attached hydrogen (secondary N) is 1. The highest BCUT2D eigenvalue weighted by molar-refractivity contribution is 7.13. The molecule has 2 atom stereocenters. The van der Waals surface area contributed by atoms with Crippen molar-refractivity contribution in [2.45, 2.75) is 26.8 Å². The molecule has 0 radical (unpaired) electrons. The van der Waals surface area contributed by atoms with E-state index < -0.39 is 0 Å². The Balaban J connectivity index is 0. The molecule has 0 aliphatic carbocycles. The molecule has 0 aromatic rings. The van der Waals surface area contributed by atoms with E-state index in [0.29, 0.717) is 6.42 Å². The third kappa shape index (κ3) is 6.14. The highest BCUT2D eigenvalue weighted by Gasteiger charge is 2.05. The number of nitrogens with two attached hydrogens (primary N) is 1. The summed E-state index contributed by atoms with van der Waals surface area (Å²) in [4.78, 5) is 10.5. The van der Waals surface area contributed by atoms with E-state index in [-0.39, 0.29) is 19.3 Å². The van der Waals surface area contributed by atoms with Gasteiger partial charge < -0.3 is 10.8 Å². The topological polar surface area (TPSA) is 55.1 Å². The summed E-state index contributed by atoms with van der Waals surface area (Å²) in [5.74, 6) is 0.0512. The molecule has 0 spiro atoms. The Labute approximate surface area is 65.0 Å². The number of ketones is 1. The minimum absolute atomic E-state index is 0. The number of rotatable bonds is 4. The smallest absolute Gasteiger partial charge is 0.146 e. The summed E-state index contributed by atoms with van der Waals surface area (Å²) in [5.41, 5.74) is 5.40. The predicted octanol–water partition coefficient (Wildman–Crippen LogP) is 0.309. The Morgan fingerprint density at radius 2 is 2.30 bits per heavy atom. The summed E-state index contributed by atoms with van der Waals surface area (Å²) in [6.45, 7) is 2.28. The summed E-state index contributed by atoms with van der Waals surface area (Å²) in [7, 11) is 2.36. The van der Waals surface area contributed by atoms with Gasteiger partial charge in [0.2, 0.25) is 0 Å². The molecule has 10 heavy (non-hydrogen) atoms. The van der Waals surface area contributed by atoms with Gasteiger partial charge >= 0.3 is 0 Å². The van der Waals surface area contributed by atoms with Gasteiger partial charge in [-0.25, -0.2) is 0 Å². The third-order valence-corrected chi connectivity index (χ3v) is 1.41. The van der Waals surface area contributed by atoms with Crippen molar-refractivity contribution in [3.63, 3.8) is 0 Å². The van der Waals surface area contributed by atoms with Crippen molar-refractivity contribution in [2.24, 2.45) is 5.73 Å². The first kappa shape index (κ1) is 12.7. The SMILES string of the molecule is C.CC(=O)C(N)CCNP. The molecule has 0 saturated heterocycles. The molecule has 0 aromatic heterocycles. The minimum atomic E-state index is -0.293. The van der Waals surface area contributed by atoms with Crippen molar-refractivity contribution in [2.75, 3.05) is 6.54 Å². The van der Waals surface area contributed by atoms with Crippen LogP contribution in [0, 0.1) is 0 Å². The van der Waals surface area contributed by atoms with Gasteiger partial charge in [-0.2, -0.15) is 0 Å². The second kappa shape index (κ2) is 7.13. The third-order valence-electron chi connectivity index (χ3n) is 1.12. The molecule has 0 aliphatic rings. The second-order valence-corrected chi connectivity index (χ2v) is 2.37. The largest absolute Gasteiger partial charge is 0.321 e. The van der Waals surface area contributed by atoms with Crippen LogP contribution in [0.15, 0.2) is 0 Å². The predicted molar refractivity (Wildman–Crippen MR) is 47.7 cm³/mol. The summed E-state index contributed by atoms with van der Waals surface area (Å²) in [6.07, 6.45) is 0.707. The van der Waals surface area contributed by atoms with E-state index in [1.54, 1.807) is 0 Å². The molecule has 0 saturated carbocycles. The van der Waals surface area contributed by atoms with Crippen LogP contribution in [0.5, 0.6) is 0 Å². The van der Waals surface area contributed by atoms with Crippen LogP contribution >= 0.6 is 9.39 Å². The normalized spacial score (nSPS) is 11.9. The first-order valence-corrected chi connectivity index (χ1v) is 3.45. The second-order valence-electron chi connectivity index (χ2n) is 1.96. The molecule has 0 aliphatic heterocycles. The summed E-state index contributed by atoms with van der Waals surface area (Å²) >= 11 is 0. The average molecular weight is 164 g/mol. The van der Waals surface area contributed by atoms with Crippen molar-refractivity contribution in [1.29, 1.82) is 0 Å². The Bertz CT molecular complexity index is 97.7. The van der Waals surface area contributed by atoms with E-state index in [2.05, 4.69) is 14.5 Å². The zero-order valence-electron chi connectivity index (χ0n) is 5.55. The lowest BCUT2D eigenvalue weighted by Crippen LogP contribution is -2.30. The van der Waals surface area contributed by atoms with E-state index >= 15 is 0 Å². The van der Waals surface area contributed by atoms with Crippen LogP contribution < -0.4 is 10.8 Å². The van der Waals surface area contributed by atoms with Gasteiger partial charge in [0, 0.05) is 6.54 Å². The zero-order chi connectivity index (χ0) is 7.28. The van der Waals surface area contributed by atoms with Crippen molar-refractivity contribution >= 4 is 15.2 Å². The van der Waals surface area contributed by atoms with Gasteiger partial charge in [-0.05, 0) is 13.3 Å². The van der Waals surface area contributed by atoms with Gasteiger partial charge in [-0.1, -0.05) is 16.8 Å². The highest BCUT2D eigenvalue weighted by Crippen LogP contribution is 1.87. The van der Waals surface area contributed by atoms with Crippen molar-refractivity contribution < 1.29 is 4.79 Å². The Morgan fingerprint density at radius 3 is 2.60 bits per heavy atom. The average Bonchev–Trinajstić information content (AvgIpc) is 1.82. The van der Waals surface area contributed by atoms with E-state index in [1.165, 1.54) is 6.92 Å². The lowest BCUT2D eigenvalue weighted by atomic mass is 10.1. The molecule has 0 rings (SSSR count). The van der Waals surface area contributed by atoms with Gasteiger partial charge in [0.05, 0.1) is 6.04 Å². The fourth-order valence-electron chi connectivity index (χ4n) is 0.442. The molecule has 62 valence electrons. The fourth-order valence-corrected chi connectivity index (χ4v) is 0.609. The van der Waals surface area contributed by atoms with Crippen LogP contribution in [0.4, 0.5) is 0 Å². The molecule has 0 bridgehead atoms. The molecule has 3 N–H and O–H groups in total. The molecule has 3 nitrogen and oxygen atoms in total. The van der Waals surface area contributed by atoms with Crippen molar-refractivity contribution in [3.8, 4) is 0 Å². The number of hydrogen-bond donors (Lipinski definition) is 2. The Hall–Kier alpha value is 0.0200. The highest BCUT2D eigenvalue weighted by atomic mass is 31.0. The van der Waals surface area contributed by atoms with Crippen molar-refractivity contribution in [3.05, 3.63) is 0 Å². The summed E-state index contributed by atoms with van der Waals surface area (Å²) < 4.78 is 0. The maximum atomic E-state index is 10.5. The standard InChI is InChI=1S/C5H13N2OP.CH4/c1-4(8)5(6)2-3-7-9;/h5,7H,2-3,6,9H2,1H3;1H4. The van der Waals surface area contributed by atoms with Crippen LogP contribution in [0.2, 0.25) is 0 Å².